The first-order valence-corrected chi connectivity index (χ1v) is 3.54. The fraction of sp³-hybridized carbons (Fsp3) is 0. The number of rotatable bonds is 1. The third-order valence-electron chi connectivity index (χ3n) is 0.715. The van der Waals surface area contributed by atoms with Gasteiger partial charge >= 0.3 is 0 Å². The van der Waals surface area contributed by atoms with Gasteiger partial charge in [0, 0.05) is 0 Å². The van der Waals surface area contributed by atoms with E-state index in [1.165, 1.54) is 0 Å². The number of nitrogens with zero attached hydrogens (tertiary/aromatic N) is 4. The fourth-order valence-electron chi connectivity index (χ4n) is 0.407. The maximum absolute atomic E-state index is 5.42. The molecule has 0 amide bonds. The standard InChI is InChI=1S/C4Cl2N4S/c5-2-8-3(6)10-4(9-2)7-1-11. The highest BCUT2D eigenvalue weighted by Gasteiger charge is 1.99. The van der Waals surface area contributed by atoms with Gasteiger partial charge in [-0.05, 0) is 35.4 Å². The minimum atomic E-state index is -0.0194. The van der Waals surface area contributed by atoms with E-state index in [1.807, 2.05) is 0 Å². The topological polar surface area (TPSA) is 51.0 Å². The number of halogens is 2. The van der Waals surface area contributed by atoms with Crippen molar-refractivity contribution in [1.82, 2.24) is 15.0 Å². The van der Waals surface area contributed by atoms with Crippen molar-refractivity contribution in [2.75, 3.05) is 0 Å². The fourth-order valence-corrected chi connectivity index (χ4v) is 0.843. The van der Waals surface area contributed by atoms with Crippen LogP contribution in [0.1, 0.15) is 0 Å². The summed E-state index contributed by atoms with van der Waals surface area (Å²) in [6.45, 7) is 0. The van der Waals surface area contributed by atoms with Crippen LogP contribution in [0, 0.1) is 0 Å². The van der Waals surface area contributed by atoms with E-state index in [0.717, 1.165) is 0 Å². The van der Waals surface area contributed by atoms with E-state index in [9.17, 15) is 0 Å². The van der Waals surface area contributed by atoms with E-state index in [4.69, 9.17) is 23.2 Å². The van der Waals surface area contributed by atoms with Gasteiger partial charge in [-0.25, -0.2) is 0 Å². The Morgan fingerprint density at radius 3 is 2.18 bits per heavy atom. The Morgan fingerprint density at radius 1 is 1.18 bits per heavy atom. The molecule has 0 atom stereocenters. The summed E-state index contributed by atoms with van der Waals surface area (Å²) in [4.78, 5) is 14.1. The van der Waals surface area contributed by atoms with Crippen molar-refractivity contribution in [3.63, 3.8) is 0 Å². The molecule has 0 fully saturated rings. The Labute approximate surface area is 77.3 Å². The highest BCUT2D eigenvalue weighted by molar-refractivity contribution is 7.78. The lowest BCUT2D eigenvalue weighted by Crippen LogP contribution is -1.87. The molecule has 1 aromatic rings. The van der Waals surface area contributed by atoms with E-state index in [-0.39, 0.29) is 16.5 Å². The van der Waals surface area contributed by atoms with Crippen molar-refractivity contribution < 1.29 is 0 Å². The molecular weight excluding hydrogens is 207 g/mol. The van der Waals surface area contributed by atoms with Gasteiger partial charge in [-0.3, -0.25) is 0 Å². The zero-order valence-corrected chi connectivity index (χ0v) is 7.28. The summed E-state index contributed by atoms with van der Waals surface area (Å²) >= 11 is 15.2. The molecule has 0 bridgehead atoms. The first-order valence-electron chi connectivity index (χ1n) is 2.37. The highest BCUT2D eigenvalue weighted by Crippen LogP contribution is 2.10. The Bertz CT molecular complexity index is 302. The predicted octanol–water partition coefficient (Wildman–Crippen LogP) is 1.91. The minimum absolute atomic E-state index is 0.0194. The van der Waals surface area contributed by atoms with Crippen LogP contribution in [0.4, 0.5) is 5.95 Å². The largest absolute Gasteiger partial charge is 0.264 e. The smallest absolute Gasteiger partial charge is 0.187 e. The average Bonchev–Trinajstić information content (AvgIpc) is 1.85. The molecule has 11 heavy (non-hydrogen) atoms. The maximum atomic E-state index is 5.42. The molecule has 56 valence electrons. The molecule has 0 aromatic carbocycles. The molecular formula is C4Cl2N4S. The Hall–Kier alpha value is -0.610. The first-order chi connectivity index (χ1) is 5.22. The van der Waals surface area contributed by atoms with Crippen LogP contribution in [0.25, 0.3) is 0 Å². The normalized spacial score (nSPS) is 8.91. The van der Waals surface area contributed by atoms with Crippen LogP contribution in [0.5, 0.6) is 0 Å². The van der Waals surface area contributed by atoms with Gasteiger partial charge in [-0.1, -0.05) is 0 Å². The Kier molecular flexibility index (Phi) is 2.84. The summed E-state index contributed by atoms with van der Waals surface area (Å²) in [5, 5.41) is 2.04. The molecule has 1 aromatic heterocycles. The van der Waals surface area contributed by atoms with Gasteiger partial charge in [0.05, 0.1) is 5.16 Å². The number of thiocarbonyl (C=S) groups is 1. The summed E-state index contributed by atoms with van der Waals surface area (Å²) in [5.74, 6) is 0.0602. The van der Waals surface area contributed by atoms with Gasteiger partial charge in [0.15, 0.2) is 0 Å². The summed E-state index contributed by atoms with van der Waals surface area (Å²) in [6.07, 6.45) is 0. The molecule has 1 rings (SSSR count). The lowest BCUT2D eigenvalue weighted by molar-refractivity contribution is 1.04. The van der Waals surface area contributed by atoms with Crippen molar-refractivity contribution in [1.29, 1.82) is 0 Å². The summed E-state index contributed by atoms with van der Waals surface area (Å²) in [5.41, 5.74) is 0. The molecule has 0 aliphatic carbocycles. The van der Waals surface area contributed by atoms with Gasteiger partial charge in [0.1, 0.15) is 0 Å². The zero-order valence-electron chi connectivity index (χ0n) is 4.95. The summed E-state index contributed by atoms with van der Waals surface area (Å²) in [7, 11) is 0. The van der Waals surface area contributed by atoms with Gasteiger partial charge in [0.2, 0.25) is 10.6 Å². The van der Waals surface area contributed by atoms with Crippen molar-refractivity contribution >= 4 is 46.5 Å². The van der Waals surface area contributed by atoms with E-state index in [1.54, 1.807) is 0 Å². The molecule has 0 unspecified atom stereocenters. The van der Waals surface area contributed by atoms with Crippen molar-refractivity contribution in [2.24, 2.45) is 4.99 Å². The van der Waals surface area contributed by atoms with Gasteiger partial charge in [-0.15, -0.1) is 0 Å². The van der Waals surface area contributed by atoms with E-state index in [2.05, 4.69) is 37.3 Å². The average molecular weight is 207 g/mol. The van der Waals surface area contributed by atoms with E-state index >= 15 is 0 Å². The van der Waals surface area contributed by atoms with E-state index in [0.29, 0.717) is 0 Å². The molecule has 0 N–H and O–H groups in total. The molecule has 0 saturated heterocycles. The number of isothiocyanates is 1. The third kappa shape index (κ3) is 2.48. The van der Waals surface area contributed by atoms with Crippen LogP contribution in [0.15, 0.2) is 4.99 Å². The Balaban J connectivity index is 3.18. The van der Waals surface area contributed by atoms with E-state index < -0.39 is 0 Å². The molecule has 1 heterocycles. The SMILES string of the molecule is S=C=Nc1nc(Cl)nc(Cl)n1. The number of hydrogen-bond acceptors (Lipinski definition) is 5. The molecule has 7 heteroatoms. The predicted molar refractivity (Wildman–Crippen MR) is 44.5 cm³/mol. The molecule has 0 aliphatic heterocycles. The van der Waals surface area contributed by atoms with Crippen LogP contribution >= 0.6 is 35.4 Å². The molecule has 0 radical (unpaired) electrons. The second-order valence-corrected chi connectivity index (χ2v) is 2.24. The zero-order chi connectivity index (χ0) is 8.27. The van der Waals surface area contributed by atoms with Crippen molar-refractivity contribution in [2.45, 2.75) is 0 Å². The second kappa shape index (κ2) is 3.69. The van der Waals surface area contributed by atoms with Crippen LogP contribution < -0.4 is 0 Å². The maximum Gasteiger partial charge on any atom is 0.264 e. The van der Waals surface area contributed by atoms with Gasteiger partial charge < -0.3 is 0 Å². The van der Waals surface area contributed by atoms with Crippen molar-refractivity contribution in [3.8, 4) is 0 Å². The van der Waals surface area contributed by atoms with Crippen LogP contribution in [0.2, 0.25) is 10.6 Å². The quantitative estimate of drug-likeness (QED) is 0.521. The number of hydrogen-bond donors (Lipinski definition) is 0. The monoisotopic (exact) mass is 206 g/mol. The Morgan fingerprint density at radius 2 is 1.73 bits per heavy atom. The number of aliphatic imine (C=N–C) groups is 1. The number of aromatic nitrogens is 3. The first kappa shape index (κ1) is 8.49. The van der Waals surface area contributed by atoms with Crippen LogP contribution in [-0.4, -0.2) is 20.1 Å². The summed E-state index contributed by atoms with van der Waals surface area (Å²) in [6, 6.07) is 0. The van der Waals surface area contributed by atoms with Gasteiger partial charge in [0.25, 0.3) is 5.95 Å². The highest BCUT2D eigenvalue weighted by atomic mass is 35.5. The lowest BCUT2D eigenvalue weighted by atomic mass is 10.9. The third-order valence-corrected chi connectivity index (χ3v) is 1.14. The lowest BCUT2D eigenvalue weighted by Gasteiger charge is -1.90. The summed E-state index contributed by atoms with van der Waals surface area (Å²) < 4.78 is 0. The molecule has 0 spiro atoms. The molecule has 0 aliphatic rings. The molecule has 4 nitrogen and oxygen atoms in total. The minimum Gasteiger partial charge on any atom is -0.187 e. The molecule has 0 saturated carbocycles. The van der Waals surface area contributed by atoms with Gasteiger partial charge in [-0.2, -0.15) is 19.9 Å². The second-order valence-electron chi connectivity index (χ2n) is 1.38. The van der Waals surface area contributed by atoms with Crippen molar-refractivity contribution in [3.05, 3.63) is 10.6 Å². The van der Waals surface area contributed by atoms with Crippen LogP contribution in [-0.2, 0) is 0 Å². The van der Waals surface area contributed by atoms with Crippen LogP contribution in [0.3, 0.4) is 0 Å².